The molecule has 1 aromatic heterocycles. The number of thioether (sulfide) groups is 1. The Kier molecular flexibility index (Phi) is 9.59. The van der Waals surface area contributed by atoms with E-state index in [0.29, 0.717) is 6.42 Å². The number of rotatable bonds is 8. The summed E-state index contributed by atoms with van der Waals surface area (Å²) in [5.41, 5.74) is 9.48. The second kappa shape index (κ2) is 11.4. The summed E-state index contributed by atoms with van der Waals surface area (Å²) in [6, 6.07) is 16.5. The molecule has 0 bridgehead atoms. The molecule has 8 heteroatoms. The van der Waals surface area contributed by atoms with Crippen molar-refractivity contribution in [2.75, 3.05) is 6.61 Å². The maximum atomic E-state index is 9.47. The second-order valence-corrected chi connectivity index (χ2v) is 9.69. The molecular weight excluding hydrogens is 490 g/mol. The lowest BCUT2D eigenvalue weighted by atomic mass is 10.1. The number of benzene rings is 2. The molecule has 0 aliphatic heterocycles. The van der Waals surface area contributed by atoms with Gasteiger partial charge in [-0.3, -0.25) is 4.68 Å². The van der Waals surface area contributed by atoms with Crippen molar-refractivity contribution in [2.24, 2.45) is 12.8 Å². The van der Waals surface area contributed by atoms with E-state index in [4.69, 9.17) is 10.8 Å². The van der Waals surface area contributed by atoms with E-state index in [2.05, 4.69) is 59.3 Å². The Morgan fingerprint density at radius 2 is 1.72 bits per heavy atom. The predicted octanol–water partition coefficient (Wildman–Crippen LogP) is 5.22. The molecule has 3 N–H and O–H groups in total. The summed E-state index contributed by atoms with van der Waals surface area (Å²) in [6.07, 6.45) is 0.604. The molecule has 0 amide bonds. The molecule has 3 aromatic rings. The Balaban J connectivity index is 0.00000300. The molecule has 0 spiro atoms. The zero-order valence-electron chi connectivity index (χ0n) is 16.3. The van der Waals surface area contributed by atoms with E-state index in [1.165, 1.54) is 10.5 Å². The molecule has 2 aromatic carbocycles. The topological polar surface area (TPSA) is 64.1 Å². The van der Waals surface area contributed by atoms with Crippen LogP contribution in [-0.2, 0) is 19.2 Å². The van der Waals surface area contributed by atoms with Crippen LogP contribution in [0.2, 0.25) is 0 Å². The number of halogens is 2. The first-order valence-electron chi connectivity index (χ1n) is 9.00. The molecule has 0 fully saturated rings. The summed E-state index contributed by atoms with van der Waals surface area (Å²) in [5, 5.41) is 15.3. The van der Waals surface area contributed by atoms with Crippen molar-refractivity contribution >= 4 is 51.9 Å². The van der Waals surface area contributed by atoms with Crippen molar-refractivity contribution in [3.63, 3.8) is 0 Å². The van der Waals surface area contributed by atoms with Gasteiger partial charge in [0, 0.05) is 38.7 Å². The van der Waals surface area contributed by atoms with Crippen molar-refractivity contribution in [1.29, 1.82) is 0 Å². The summed E-state index contributed by atoms with van der Waals surface area (Å²) in [4.78, 5) is 2.36. The smallest absolute Gasteiger partial charge is 0.102 e. The second-order valence-electron chi connectivity index (χ2n) is 6.66. The average molecular weight is 515 g/mol. The SMILES string of the molecule is Cc1ccc(SCc2nn(C)c(Sc3ccc(Br)cc3)c2CC(N)CO)cc1.Cl. The molecular formula is C21H25BrClN3OS2. The highest BCUT2D eigenvalue weighted by atomic mass is 79.9. The Hall–Kier alpha value is -0.960. The Morgan fingerprint density at radius 1 is 1.10 bits per heavy atom. The van der Waals surface area contributed by atoms with Crippen LogP contribution < -0.4 is 5.73 Å². The standard InChI is InChI=1S/C21H24BrN3OS2.ClH/c1-14-3-7-17(8-4-14)27-13-20-19(11-16(23)12-26)21(25(2)24-20)28-18-9-5-15(22)6-10-18;/h3-10,16,26H,11-13,23H2,1-2H3;1H. The molecule has 4 nitrogen and oxygen atoms in total. The number of aliphatic hydroxyl groups is 1. The molecule has 1 atom stereocenters. The molecule has 1 heterocycles. The van der Waals surface area contributed by atoms with Crippen LogP contribution in [0.3, 0.4) is 0 Å². The van der Waals surface area contributed by atoms with Gasteiger partial charge in [0.05, 0.1) is 12.3 Å². The van der Waals surface area contributed by atoms with Crippen LogP contribution in [0, 0.1) is 6.92 Å². The maximum absolute atomic E-state index is 9.47. The van der Waals surface area contributed by atoms with Crippen LogP contribution in [0.1, 0.15) is 16.8 Å². The lowest BCUT2D eigenvalue weighted by molar-refractivity contribution is 0.264. The van der Waals surface area contributed by atoms with Gasteiger partial charge in [-0.25, -0.2) is 0 Å². The molecule has 1 unspecified atom stereocenters. The summed E-state index contributed by atoms with van der Waals surface area (Å²) < 4.78 is 2.98. The summed E-state index contributed by atoms with van der Waals surface area (Å²) in [5.74, 6) is 0.769. The van der Waals surface area contributed by atoms with Crippen molar-refractivity contribution < 1.29 is 5.11 Å². The third-order valence-electron chi connectivity index (χ3n) is 4.30. The van der Waals surface area contributed by atoms with Gasteiger partial charge in [0.2, 0.25) is 0 Å². The zero-order chi connectivity index (χ0) is 20.1. The molecule has 0 saturated heterocycles. The summed E-state index contributed by atoms with van der Waals surface area (Å²) in [6.45, 7) is 2.05. The highest BCUT2D eigenvalue weighted by Crippen LogP contribution is 2.35. The van der Waals surface area contributed by atoms with Crippen LogP contribution in [-0.4, -0.2) is 27.5 Å². The fraction of sp³-hybridized carbons (Fsp3) is 0.286. The maximum Gasteiger partial charge on any atom is 0.102 e. The monoisotopic (exact) mass is 513 g/mol. The highest BCUT2D eigenvalue weighted by Gasteiger charge is 2.19. The van der Waals surface area contributed by atoms with Crippen molar-refractivity contribution in [2.45, 2.75) is 40.0 Å². The first kappa shape index (κ1) is 24.3. The zero-order valence-corrected chi connectivity index (χ0v) is 20.4. The Bertz CT molecular complexity index is 917. The molecule has 0 aliphatic rings. The van der Waals surface area contributed by atoms with E-state index >= 15 is 0 Å². The molecule has 29 heavy (non-hydrogen) atoms. The highest BCUT2D eigenvalue weighted by molar-refractivity contribution is 9.10. The van der Waals surface area contributed by atoms with Crippen molar-refractivity contribution in [1.82, 2.24) is 9.78 Å². The Morgan fingerprint density at radius 3 is 2.34 bits per heavy atom. The summed E-state index contributed by atoms with van der Waals surface area (Å²) in [7, 11) is 1.97. The fourth-order valence-corrected chi connectivity index (χ4v) is 4.90. The van der Waals surface area contributed by atoms with Gasteiger partial charge in [-0.1, -0.05) is 45.4 Å². The first-order valence-corrected chi connectivity index (χ1v) is 11.6. The predicted molar refractivity (Wildman–Crippen MR) is 128 cm³/mol. The van der Waals surface area contributed by atoms with Crippen LogP contribution in [0.15, 0.2) is 67.8 Å². The number of hydrogen-bond acceptors (Lipinski definition) is 5. The lowest BCUT2D eigenvalue weighted by Gasteiger charge is -2.11. The number of nitrogens with zero attached hydrogens (tertiary/aromatic N) is 2. The van der Waals surface area contributed by atoms with Crippen molar-refractivity contribution in [3.05, 3.63) is 69.8 Å². The van der Waals surface area contributed by atoms with Gasteiger partial charge in [0.1, 0.15) is 5.03 Å². The Labute approximate surface area is 195 Å². The van der Waals surface area contributed by atoms with Crippen LogP contribution >= 0.6 is 51.9 Å². The number of nitrogens with two attached hydrogens (primary N) is 1. The molecule has 0 radical (unpaired) electrons. The molecule has 156 valence electrons. The fourth-order valence-electron chi connectivity index (χ4n) is 2.78. The lowest BCUT2D eigenvalue weighted by Crippen LogP contribution is -2.27. The molecule has 3 rings (SSSR count). The van der Waals surface area contributed by atoms with E-state index in [9.17, 15) is 5.11 Å². The third-order valence-corrected chi connectivity index (χ3v) is 7.06. The largest absolute Gasteiger partial charge is 0.395 e. The normalized spacial score (nSPS) is 11.9. The number of aryl methyl sites for hydroxylation is 2. The number of hydrogen-bond donors (Lipinski definition) is 2. The van der Waals surface area contributed by atoms with E-state index in [-0.39, 0.29) is 25.1 Å². The minimum Gasteiger partial charge on any atom is -0.395 e. The van der Waals surface area contributed by atoms with Crippen molar-refractivity contribution in [3.8, 4) is 0 Å². The van der Waals surface area contributed by atoms with E-state index in [1.807, 2.05) is 23.9 Å². The third kappa shape index (κ3) is 6.77. The van der Waals surface area contributed by atoms with Gasteiger partial charge >= 0.3 is 0 Å². The van der Waals surface area contributed by atoms with Gasteiger partial charge in [-0.05, 0) is 49.7 Å². The van der Waals surface area contributed by atoms with Gasteiger partial charge in [-0.15, -0.1) is 24.2 Å². The van der Waals surface area contributed by atoms with Crippen LogP contribution in [0.5, 0.6) is 0 Å². The van der Waals surface area contributed by atoms with Gasteiger partial charge in [0.25, 0.3) is 0 Å². The number of aromatic nitrogens is 2. The molecule has 0 saturated carbocycles. The van der Waals surface area contributed by atoms with Gasteiger partial charge < -0.3 is 10.8 Å². The number of aliphatic hydroxyl groups excluding tert-OH is 1. The molecule has 0 aliphatic carbocycles. The minimum absolute atomic E-state index is 0. The van der Waals surface area contributed by atoms with Gasteiger partial charge in [0.15, 0.2) is 0 Å². The summed E-state index contributed by atoms with van der Waals surface area (Å²) >= 11 is 6.93. The van der Waals surface area contributed by atoms with E-state index in [1.54, 1.807) is 23.5 Å². The van der Waals surface area contributed by atoms with Crippen LogP contribution in [0.4, 0.5) is 0 Å². The minimum atomic E-state index is -0.295. The first-order chi connectivity index (χ1) is 13.5. The van der Waals surface area contributed by atoms with E-state index in [0.717, 1.165) is 31.4 Å². The van der Waals surface area contributed by atoms with Gasteiger partial charge in [-0.2, -0.15) is 5.10 Å². The van der Waals surface area contributed by atoms with Crippen LogP contribution in [0.25, 0.3) is 0 Å². The quantitative estimate of drug-likeness (QED) is 0.404. The average Bonchev–Trinajstić information content (AvgIpc) is 2.97. The van der Waals surface area contributed by atoms with E-state index < -0.39 is 0 Å².